The van der Waals surface area contributed by atoms with Crippen molar-refractivity contribution in [3.63, 3.8) is 0 Å². The maximum Gasteiger partial charge on any atom is 0.334 e. The molecule has 0 aromatic rings. The second-order valence-electron chi connectivity index (χ2n) is 3.65. The Morgan fingerprint density at radius 3 is 2.53 bits per heavy atom. The first kappa shape index (κ1) is 15.7. The van der Waals surface area contributed by atoms with Crippen LogP contribution >= 0.6 is 0 Å². The van der Waals surface area contributed by atoms with Crippen molar-refractivity contribution in [1.29, 1.82) is 0 Å². The van der Waals surface area contributed by atoms with Crippen LogP contribution in [0, 0.1) is 0 Å². The molecule has 100 valence electrons. The van der Waals surface area contributed by atoms with Gasteiger partial charge in [-0.1, -0.05) is 13.3 Å². The number of carbonyl (C=O) groups is 2. The van der Waals surface area contributed by atoms with Crippen LogP contribution in [-0.4, -0.2) is 54.6 Å². The Hall–Kier alpha value is -1.34. The van der Waals surface area contributed by atoms with E-state index in [0.717, 1.165) is 12.8 Å². The number of hydrogen-bond acceptors (Lipinski definition) is 4. The Morgan fingerprint density at radius 1 is 1.41 bits per heavy atom. The Bertz CT molecular complexity index is 241. The molecule has 2 atom stereocenters. The summed E-state index contributed by atoms with van der Waals surface area (Å²) in [5.41, 5.74) is 0. The van der Waals surface area contributed by atoms with Crippen LogP contribution in [0.4, 0.5) is 4.79 Å². The van der Waals surface area contributed by atoms with Gasteiger partial charge in [0.15, 0.2) is 6.10 Å². The first-order valence-electron chi connectivity index (χ1n) is 5.45. The third kappa shape index (κ3) is 7.53. The van der Waals surface area contributed by atoms with E-state index in [9.17, 15) is 9.59 Å². The Kier molecular flexibility index (Phi) is 8.08. The molecule has 0 spiro atoms. The van der Waals surface area contributed by atoms with Crippen molar-refractivity contribution < 1.29 is 24.5 Å². The highest BCUT2D eigenvalue weighted by Gasteiger charge is 2.15. The van der Waals surface area contributed by atoms with Crippen LogP contribution in [0.2, 0.25) is 0 Å². The summed E-state index contributed by atoms with van der Waals surface area (Å²) in [5, 5.41) is 22.3. The molecule has 0 aliphatic heterocycles. The summed E-state index contributed by atoms with van der Waals surface area (Å²) in [7, 11) is 1.54. The van der Waals surface area contributed by atoms with E-state index < -0.39 is 18.1 Å². The van der Waals surface area contributed by atoms with Crippen molar-refractivity contribution in [1.82, 2.24) is 10.6 Å². The summed E-state index contributed by atoms with van der Waals surface area (Å²) in [5.74, 6) is -1.37. The number of aliphatic hydroxyl groups excluding tert-OH is 1. The third-order valence-electron chi connectivity index (χ3n) is 2.08. The van der Waals surface area contributed by atoms with Crippen LogP contribution in [-0.2, 0) is 9.53 Å². The van der Waals surface area contributed by atoms with Gasteiger partial charge in [0.05, 0.1) is 19.2 Å². The molecule has 0 heterocycles. The minimum absolute atomic E-state index is 0.119. The largest absolute Gasteiger partial charge is 0.479 e. The van der Waals surface area contributed by atoms with Crippen LogP contribution in [0.1, 0.15) is 19.8 Å². The second kappa shape index (κ2) is 8.77. The number of nitrogens with one attached hydrogen (secondary N) is 2. The zero-order valence-electron chi connectivity index (χ0n) is 10.1. The summed E-state index contributed by atoms with van der Waals surface area (Å²) in [6.45, 7) is 2.05. The molecule has 7 heteroatoms. The van der Waals surface area contributed by atoms with Gasteiger partial charge in [-0.05, 0) is 6.42 Å². The lowest BCUT2D eigenvalue weighted by Gasteiger charge is -2.17. The molecule has 17 heavy (non-hydrogen) atoms. The van der Waals surface area contributed by atoms with Crippen LogP contribution in [0.3, 0.4) is 0 Å². The molecule has 0 bridgehead atoms. The molecule has 7 nitrogen and oxygen atoms in total. The summed E-state index contributed by atoms with van der Waals surface area (Å²) in [4.78, 5) is 21.6. The molecule has 0 aliphatic carbocycles. The van der Waals surface area contributed by atoms with Crippen molar-refractivity contribution >= 4 is 12.0 Å². The van der Waals surface area contributed by atoms with Crippen molar-refractivity contribution in [2.24, 2.45) is 0 Å². The first-order chi connectivity index (χ1) is 8.01. The number of amides is 2. The number of carboxylic acids is 1. The fraction of sp³-hybridized carbons (Fsp3) is 0.800. The molecule has 0 aliphatic rings. The molecule has 0 radical (unpaired) electrons. The fourth-order valence-electron chi connectivity index (χ4n) is 1.26. The van der Waals surface area contributed by atoms with E-state index in [-0.39, 0.29) is 12.6 Å². The van der Waals surface area contributed by atoms with Gasteiger partial charge in [0, 0.05) is 7.11 Å². The minimum atomic E-state index is -1.59. The van der Waals surface area contributed by atoms with Crippen LogP contribution in [0.25, 0.3) is 0 Å². The van der Waals surface area contributed by atoms with Crippen molar-refractivity contribution in [2.75, 3.05) is 20.3 Å². The van der Waals surface area contributed by atoms with Crippen molar-refractivity contribution in [2.45, 2.75) is 31.9 Å². The molecule has 0 aromatic heterocycles. The molecule has 0 fully saturated rings. The molecule has 0 rings (SSSR count). The predicted octanol–water partition coefficient (Wildman–Crippen LogP) is -0.454. The Labute approximate surface area is 100 Å². The number of hydrogen-bond donors (Lipinski definition) is 4. The highest BCUT2D eigenvalue weighted by atomic mass is 16.5. The smallest absolute Gasteiger partial charge is 0.334 e. The van der Waals surface area contributed by atoms with Gasteiger partial charge in [-0.3, -0.25) is 0 Å². The average Bonchev–Trinajstić information content (AvgIpc) is 2.26. The topological polar surface area (TPSA) is 108 Å². The molecule has 2 amide bonds. The lowest BCUT2D eigenvalue weighted by Crippen LogP contribution is -2.47. The molecule has 0 saturated carbocycles. The van der Waals surface area contributed by atoms with E-state index in [2.05, 4.69) is 10.6 Å². The molecule has 4 N–H and O–H groups in total. The van der Waals surface area contributed by atoms with E-state index in [1.54, 1.807) is 0 Å². The van der Waals surface area contributed by atoms with E-state index >= 15 is 0 Å². The quantitative estimate of drug-likeness (QED) is 0.465. The summed E-state index contributed by atoms with van der Waals surface area (Å²) in [6, 6.07) is -0.632. The van der Waals surface area contributed by atoms with Gasteiger partial charge in [0.25, 0.3) is 0 Å². The molecular formula is C10H20N2O5. The highest BCUT2D eigenvalue weighted by Crippen LogP contribution is 1.96. The summed E-state index contributed by atoms with van der Waals surface area (Å²) >= 11 is 0. The van der Waals surface area contributed by atoms with Gasteiger partial charge in [0.2, 0.25) is 0 Å². The maximum absolute atomic E-state index is 11.3. The van der Waals surface area contributed by atoms with E-state index in [0.29, 0.717) is 6.61 Å². The minimum Gasteiger partial charge on any atom is -0.479 e. The van der Waals surface area contributed by atoms with Crippen molar-refractivity contribution in [3.8, 4) is 0 Å². The number of aliphatic carboxylic acids is 1. The number of aliphatic hydroxyl groups is 1. The third-order valence-corrected chi connectivity index (χ3v) is 2.08. The van der Waals surface area contributed by atoms with Gasteiger partial charge in [-0.15, -0.1) is 0 Å². The van der Waals surface area contributed by atoms with Crippen LogP contribution < -0.4 is 10.6 Å². The standard InChI is InChI=1S/C10H20N2O5/c1-3-4-7(6-17-2)12-10(16)11-5-8(13)9(14)15/h7-8,13H,3-6H2,1-2H3,(H,14,15)(H2,11,12,16). The van der Waals surface area contributed by atoms with Gasteiger partial charge in [0.1, 0.15) is 0 Å². The van der Waals surface area contributed by atoms with E-state index in [1.165, 1.54) is 7.11 Å². The number of methoxy groups -OCH3 is 1. The van der Waals surface area contributed by atoms with E-state index in [1.807, 2.05) is 6.92 Å². The molecule has 0 aromatic carbocycles. The molecule has 0 saturated heterocycles. The highest BCUT2D eigenvalue weighted by molar-refractivity contribution is 5.76. The Morgan fingerprint density at radius 2 is 2.06 bits per heavy atom. The SMILES string of the molecule is CCCC(COC)NC(=O)NCC(O)C(=O)O. The second-order valence-corrected chi connectivity index (χ2v) is 3.65. The van der Waals surface area contributed by atoms with Gasteiger partial charge < -0.3 is 25.6 Å². The van der Waals surface area contributed by atoms with E-state index in [4.69, 9.17) is 14.9 Å². The van der Waals surface area contributed by atoms with Gasteiger partial charge in [-0.25, -0.2) is 9.59 Å². The monoisotopic (exact) mass is 248 g/mol. The number of ether oxygens (including phenoxy) is 1. The number of carbonyl (C=O) groups excluding carboxylic acids is 1. The lowest BCUT2D eigenvalue weighted by atomic mass is 10.2. The number of rotatable bonds is 8. The predicted molar refractivity (Wildman–Crippen MR) is 60.7 cm³/mol. The maximum atomic E-state index is 11.3. The van der Waals surface area contributed by atoms with Crippen LogP contribution in [0.15, 0.2) is 0 Å². The normalized spacial score (nSPS) is 13.8. The van der Waals surface area contributed by atoms with Gasteiger partial charge >= 0.3 is 12.0 Å². The average molecular weight is 248 g/mol. The van der Waals surface area contributed by atoms with Crippen molar-refractivity contribution in [3.05, 3.63) is 0 Å². The summed E-state index contributed by atoms with van der Waals surface area (Å²) < 4.78 is 4.94. The number of carboxylic acid groups (broad SMARTS) is 1. The Balaban J connectivity index is 3.92. The fourth-order valence-corrected chi connectivity index (χ4v) is 1.26. The first-order valence-corrected chi connectivity index (χ1v) is 5.45. The molecular weight excluding hydrogens is 228 g/mol. The van der Waals surface area contributed by atoms with Gasteiger partial charge in [-0.2, -0.15) is 0 Å². The lowest BCUT2D eigenvalue weighted by molar-refractivity contribution is -0.146. The molecule has 2 unspecified atom stereocenters. The zero-order valence-corrected chi connectivity index (χ0v) is 10.1. The van der Waals surface area contributed by atoms with Crippen LogP contribution in [0.5, 0.6) is 0 Å². The number of urea groups is 1. The summed E-state index contributed by atoms with van der Waals surface area (Å²) in [6.07, 6.45) is 0.0715. The zero-order chi connectivity index (χ0) is 13.3.